The standard InChI is InChI=1S/C14H20FN3S/c1-9-10(2)19-7-6-18(9)8-11-4-3-5-12(13(11)15)14(16)17/h3-5,9-10H,6-8H2,1-2H3,(H3,16,17). The molecule has 0 radical (unpaired) electrons. The zero-order chi connectivity index (χ0) is 14.0. The number of benzene rings is 1. The first-order valence-electron chi connectivity index (χ1n) is 6.48. The van der Waals surface area contributed by atoms with Gasteiger partial charge in [-0.05, 0) is 13.0 Å². The lowest BCUT2D eigenvalue weighted by Crippen LogP contribution is -2.44. The lowest BCUT2D eigenvalue weighted by atomic mass is 10.1. The molecule has 0 bridgehead atoms. The van der Waals surface area contributed by atoms with Crippen molar-refractivity contribution < 1.29 is 4.39 Å². The average Bonchev–Trinajstić information content (AvgIpc) is 2.37. The van der Waals surface area contributed by atoms with E-state index in [0.717, 1.165) is 12.3 Å². The van der Waals surface area contributed by atoms with Gasteiger partial charge in [-0.3, -0.25) is 10.3 Å². The van der Waals surface area contributed by atoms with E-state index < -0.39 is 0 Å². The first-order chi connectivity index (χ1) is 9.00. The molecule has 19 heavy (non-hydrogen) atoms. The van der Waals surface area contributed by atoms with Gasteiger partial charge >= 0.3 is 0 Å². The van der Waals surface area contributed by atoms with Gasteiger partial charge in [-0.15, -0.1) is 0 Å². The van der Waals surface area contributed by atoms with E-state index in [1.165, 1.54) is 0 Å². The van der Waals surface area contributed by atoms with E-state index in [1.807, 2.05) is 11.8 Å². The Labute approximate surface area is 117 Å². The number of nitrogens with two attached hydrogens (primary N) is 1. The molecule has 1 fully saturated rings. The van der Waals surface area contributed by atoms with E-state index in [9.17, 15) is 4.39 Å². The molecule has 1 aromatic rings. The van der Waals surface area contributed by atoms with E-state index in [4.69, 9.17) is 11.1 Å². The predicted octanol–water partition coefficient (Wildman–Crippen LogP) is 2.44. The molecule has 1 aliphatic rings. The van der Waals surface area contributed by atoms with Crippen molar-refractivity contribution in [2.24, 2.45) is 5.73 Å². The second-order valence-electron chi connectivity index (χ2n) is 4.98. The minimum Gasteiger partial charge on any atom is -0.384 e. The molecular formula is C14H20FN3S. The molecule has 3 nitrogen and oxygen atoms in total. The molecule has 2 rings (SSSR count). The largest absolute Gasteiger partial charge is 0.384 e. The average molecular weight is 281 g/mol. The highest BCUT2D eigenvalue weighted by atomic mass is 32.2. The van der Waals surface area contributed by atoms with Crippen molar-refractivity contribution in [2.75, 3.05) is 12.3 Å². The third-order valence-electron chi connectivity index (χ3n) is 3.76. The van der Waals surface area contributed by atoms with Crippen LogP contribution in [0.2, 0.25) is 0 Å². The Morgan fingerprint density at radius 2 is 2.26 bits per heavy atom. The van der Waals surface area contributed by atoms with Gasteiger partial charge in [0.25, 0.3) is 0 Å². The summed E-state index contributed by atoms with van der Waals surface area (Å²) in [5, 5.41) is 7.95. The summed E-state index contributed by atoms with van der Waals surface area (Å²) in [7, 11) is 0. The van der Waals surface area contributed by atoms with Gasteiger partial charge in [0.15, 0.2) is 0 Å². The van der Waals surface area contributed by atoms with Crippen LogP contribution in [0.1, 0.15) is 25.0 Å². The summed E-state index contributed by atoms with van der Waals surface area (Å²) in [5.74, 6) is 0.516. The SMILES string of the molecule is CC1SCCN(Cc2cccc(C(=N)N)c2F)C1C. The van der Waals surface area contributed by atoms with Gasteiger partial charge in [-0.1, -0.05) is 19.1 Å². The zero-order valence-corrected chi connectivity index (χ0v) is 12.1. The van der Waals surface area contributed by atoms with Crippen LogP contribution >= 0.6 is 11.8 Å². The number of amidine groups is 1. The fourth-order valence-electron chi connectivity index (χ4n) is 2.35. The smallest absolute Gasteiger partial charge is 0.138 e. The van der Waals surface area contributed by atoms with E-state index in [2.05, 4.69) is 18.7 Å². The molecule has 104 valence electrons. The Hall–Kier alpha value is -1.07. The highest BCUT2D eigenvalue weighted by molar-refractivity contribution is 8.00. The molecule has 1 aromatic carbocycles. The van der Waals surface area contributed by atoms with Crippen LogP contribution in [0.5, 0.6) is 0 Å². The van der Waals surface area contributed by atoms with Crippen molar-refractivity contribution in [3.63, 3.8) is 0 Å². The molecule has 0 aromatic heterocycles. The Morgan fingerprint density at radius 3 is 2.95 bits per heavy atom. The quantitative estimate of drug-likeness (QED) is 0.661. The number of rotatable bonds is 3. The number of nitrogens with zero attached hydrogens (tertiary/aromatic N) is 1. The van der Waals surface area contributed by atoms with Crippen LogP contribution in [-0.4, -0.2) is 34.3 Å². The number of thioether (sulfide) groups is 1. The summed E-state index contributed by atoms with van der Waals surface area (Å²) < 4.78 is 14.2. The zero-order valence-electron chi connectivity index (χ0n) is 11.3. The number of nitrogen functional groups attached to an aromatic ring is 1. The molecule has 2 atom stereocenters. The summed E-state index contributed by atoms with van der Waals surface area (Å²) in [5.41, 5.74) is 6.21. The van der Waals surface area contributed by atoms with Gasteiger partial charge in [-0.25, -0.2) is 4.39 Å². The molecule has 0 amide bonds. The van der Waals surface area contributed by atoms with Gasteiger partial charge < -0.3 is 5.73 Å². The van der Waals surface area contributed by atoms with Crippen LogP contribution in [0.3, 0.4) is 0 Å². The van der Waals surface area contributed by atoms with E-state index in [0.29, 0.717) is 23.4 Å². The maximum absolute atomic E-state index is 14.2. The van der Waals surface area contributed by atoms with Crippen molar-refractivity contribution in [3.8, 4) is 0 Å². The van der Waals surface area contributed by atoms with Gasteiger partial charge in [0, 0.05) is 35.7 Å². The molecule has 1 aliphatic heterocycles. The van der Waals surface area contributed by atoms with Crippen LogP contribution in [-0.2, 0) is 6.54 Å². The Morgan fingerprint density at radius 1 is 1.53 bits per heavy atom. The molecule has 0 aliphatic carbocycles. The number of hydrogen-bond acceptors (Lipinski definition) is 3. The third kappa shape index (κ3) is 3.09. The van der Waals surface area contributed by atoms with Gasteiger partial charge in [0.1, 0.15) is 11.7 Å². The van der Waals surface area contributed by atoms with Gasteiger partial charge in [-0.2, -0.15) is 11.8 Å². The number of halogens is 1. The predicted molar refractivity (Wildman–Crippen MR) is 79.2 cm³/mol. The van der Waals surface area contributed by atoms with Crippen molar-refractivity contribution in [1.82, 2.24) is 4.90 Å². The molecule has 1 saturated heterocycles. The van der Waals surface area contributed by atoms with Gasteiger partial charge in [0.05, 0.1) is 5.56 Å². The highest BCUT2D eigenvalue weighted by Crippen LogP contribution is 2.26. The summed E-state index contributed by atoms with van der Waals surface area (Å²) >= 11 is 1.96. The Balaban J connectivity index is 2.19. The maximum Gasteiger partial charge on any atom is 0.138 e. The van der Waals surface area contributed by atoms with Crippen LogP contribution in [0.15, 0.2) is 18.2 Å². The minimum atomic E-state index is -0.354. The van der Waals surface area contributed by atoms with Crippen molar-refractivity contribution in [3.05, 3.63) is 35.1 Å². The summed E-state index contributed by atoms with van der Waals surface area (Å²) in [6.07, 6.45) is 0. The lowest BCUT2D eigenvalue weighted by Gasteiger charge is -2.37. The van der Waals surface area contributed by atoms with E-state index in [-0.39, 0.29) is 17.2 Å². The normalized spacial score (nSPS) is 24.4. The molecule has 0 spiro atoms. The van der Waals surface area contributed by atoms with Crippen molar-refractivity contribution >= 4 is 17.6 Å². The van der Waals surface area contributed by atoms with Crippen LogP contribution in [0.4, 0.5) is 4.39 Å². The Kier molecular flexibility index (Phi) is 4.47. The summed E-state index contributed by atoms with van der Waals surface area (Å²) in [6, 6.07) is 5.53. The molecule has 0 saturated carbocycles. The first kappa shape index (κ1) is 14.3. The maximum atomic E-state index is 14.2. The molecule has 3 N–H and O–H groups in total. The fourth-order valence-corrected chi connectivity index (χ4v) is 3.51. The van der Waals surface area contributed by atoms with Gasteiger partial charge in [0.2, 0.25) is 0 Å². The number of nitrogens with one attached hydrogen (secondary N) is 1. The van der Waals surface area contributed by atoms with Crippen molar-refractivity contribution in [1.29, 1.82) is 5.41 Å². The molecule has 2 unspecified atom stereocenters. The summed E-state index contributed by atoms with van der Waals surface area (Å²) in [4.78, 5) is 2.30. The number of hydrogen-bond donors (Lipinski definition) is 2. The van der Waals surface area contributed by atoms with E-state index >= 15 is 0 Å². The Bertz CT molecular complexity index is 478. The molecular weight excluding hydrogens is 261 g/mol. The highest BCUT2D eigenvalue weighted by Gasteiger charge is 2.26. The summed E-state index contributed by atoms with van der Waals surface area (Å²) in [6.45, 7) is 5.95. The van der Waals surface area contributed by atoms with Crippen LogP contribution in [0.25, 0.3) is 0 Å². The lowest BCUT2D eigenvalue weighted by molar-refractivity contribution is 0.202. The topological polar surface area (TPSA) is 53.1 Å². The van der Waals surface area contributed by atoms with E-state index in [1.54, 1.807) is 18.2 Å². The monoisotopic (exact) mass is 281 g/mol. The third-order valence-corrected chi connectivity index (χ3v) is 5.09. The first-order valence-corrected chi connectivity index (χ1v) is 7.53. The van der Waals surface area contributed by atoms with Crippen molar-refractivity contribution in [2.45, 2.75) is 31.7 Å². The molecule has 5 heteroatoms. The fraction of sp³-hybridized carbons (Fsp3) is 0.500. The second-order valence-corrected chi connectivity index (χ2v) is 6.46. The second kappa shape index (κ2) is 5.92. The molecule has 1 heterocycles. The van der Waals surface area contributed by atoms with Crippen LogP contribution in [0, 0.1) is 11.2 Å². The van der Waals surface area contributed by atoms with Crippen LogP contribution < -0.4 is 5.73 Å². The minimum absolute atomic E-state index is 0.199.